The monoisotopic (exact) mass is 480 g/mol. The van der Waals surface area contributed by atoms with Gasteiger partial charge in [-0.25, -0.2) is 0 Å². The van der Waals surface area contributed by atoms with Gasteiger partial charge in [0.1, 0.15) is 0 Å². The average molecular weight is 481 g/mol. The van der Waals surface area contributed by atoms with Crippen LogP contribution >= 0.6 is 13.4 Å². The zero-order valence-corrected chi connectivity index (χ0v) is 20.6. The molecule has 0 saturated heterocycles. The molecule has 0 aliphatic carbocycles. The molecule has 6 N–H and O–H groups in total. The first-order valence-corrected chi connectivity index (χ1v) is 14.5. The van der Waals surface area contributed by atoms with Crippen LogP contribution in [0.1, 0.15) is 92.9 Å². The molecule has 0 fully saturated rings. The second-order valence-corrected chi connectivity index (χ2v) is 11.3. The van der Waals surface area contributed by atoms with E-state index in [1.807, 2.05) is 0 Å². The van der Waals surface area contributed by atoms with Gasteiger partial charge in [0.25, 0.3) is 0 Å². The third-order valence-electron chi connectivity index (χ3n) is 3.49. The molecule has 0 aliphatic heterocycles. The van der Waals surface area contributed by atoms with Gasteiger partial charge in [-0.2, -0.15) is 0 Å². The SMILES string of the molecule is CCCCC(C)CC.CCCCC(C)CC.OP(O)(O)=S.OP(O)(O)=S.[NaH]. The molecule has 2 atom stereocenters. The van der Waals surface area contributed by atoms with Gasteiger partial charge in [-0.05, 0) is 35.4 Å². The van der Waals surface area contributed by atoms with E-state index < -0.39 is 13.4 Å². The molecule has 0 bridgehead atoms. The van der Waals surface area contributed by atoms with E-state index in [0.29, 0.717) is 0 Å². The van der Waals surface area contributed by atoms with Crippen molar-refractivity contribution in [2.24, 2.45) is 11.8 Å². The Bertz CT molecular complexity index is 316. The number of hydrogen-bond donors (Lipinski definition) is 6. The Morgan fingerprint density at radius 3 is 0.926 bits per heavy atom. The van der Waals surface area contributed by atoms with Crippen LogP contribution in [0.5, 0.6) is 0 Å². The normalized spacial score (nSPS) is 12.6. The third-order valence-corrected chi connectivity index (χ3v) is 3.49. The van der Waals surface area contributed by atoms with Gasteiger partial charge in [0, 0.05) is 0 Å². The molecule has 0 aliphatic rings. The van der Waals surface area contributed by atoms with E-state index in [1.165, 1.54) is 51.4 Å². The van der Waals surface area contributed by atoms with Gasteiger partial charge in [-0.15, -0.1) is 0 Å². The fraction of sp³-hybridized carbons (Fsp3) is 1.00. The van der Waals surface area contributed by atoms with Crippen molar-refractivity contribution in [1.82, 2.24) is 0 Å². The first kappa shape index (κ1) is 39.5. The third kappa shape index (κ3) is 96.4. The Hall–Kier alpha value is 2.06. The summed E-state index contributed by atoms with van der Waals surface area (Å²) < 4.78 is 0. The summed E-state index contributed by atoms with van der Waals surface area (Å²) in [6.45, 7) is 6.08. The van der Waals surface area contributed by atoms with Gasteiger partial charge in [-0.3, -0.25) is 0 Å². The summed E-state index contributed by atoms with van der Waals surface area (Å²) in [6, 6.07) is 0. The Kier molecular flexibility index (Phi) is 38.2. The molecule has 0 radical (unpaired) electrons. The van der Waals surface area contributed by atoms with Gasteiger partial charge >= 0.3 is 43.0 Å². The molecule has 11 heteroatoms. The molecule has 0 heterocycles. The Balaban J connectivity index is -0.0000000807. The second-order valence-electron chi connectivity index (χ2n) is 6.34. The minimum atomic E-state index is -3.81. The van der Waals surface area contributed by atoms with Crippen LogP contribution in [0.25, 0.3) is 0 Å². The molecule has 2 unspecified atom stereocenters. The van der Waals surface area contributed by atoms with E-state index in [1.54, 1.807) is 0 Å². The van der Waals surface area contributed by atoms with E-state index >= 15 is 0 Å². The zero-order chi connectivity index (χ0) is 21.8. The van der Waals surface area contributed by atoms with Gasteiger partial charge in [0.2, 0.25) is 0 Å². The van der Waals surface area contributed by atoms with Crippen molar-refractivity contribution >= 4 is 66.6 Å². The van der Waals surface area contributed by atoms with Crippen molar-refractivity contribution in [3.8, 4) is 0 Å². The molecule has 166 valence electrons. The van der Waals surface area contributed by atoms with Crippen LogP contribution in [0.15, 0.2) is 0 Å². The summed E-state index contributed by atoms with van der Waals surface area (Å²) in [5, 5.41) is 0. The maximum atomic E-state index is 7.56. The quantitative estimate of drug-likeness (QED) is 0.226. The van der Waals surface area contributed by atoms with Crippen molar-refractivity contribution in [3.63, 3.8) is 0 Å². The van der Waals surface area contributed by atoms with Gasteiger partial charge in [0.15, 0.2) is 0 Å². The fourth-order valence-corrected chi connectivity index (χ4v) is 1.51. The molecule has 0 rings (SSSR count). The van der Waals surface area contributed by atoms with Crippen LogP contribution in [-0.2, 0) is 23.6 Å². The van der Waals surface area contributed by atoms with E-state index in [4.69, 9.17) is 29.4 Å². The van der Waals surface area contributed by atoms with E-state index in [0.717, 1.165) is 11.8 Å². The standard InChI is InChI=1S/2C8H18.Na.2H3O3PS.H/c2*1-4-6-7-8(3)5-2;;2*1-4(2,3)5;/h2*8H,4-7H2,1-3H3;;2*(H3,1,2,3,5);. The topological polar surface area (TPSA) is 121 Å². The molecular formula is C16H43NaO6P2S2. The van der Waals surface area contributed by atoms with Crippen LogP contribution < -0.4 is 0 Å². The number of unbranched alkanes of at least 4 members (excludes halogenated alkanes) is 2. The second kappa shape index (κ2) is 26.1. The summed E-state index contributed by atoms with van der Waals surface area (Å²) in [5.74, 6) is 1.91. The van der Waals surface area contributed by atoms with Crippen molar-refractivity contribution in [2.45, 2.75) is 92.9 Å². The van der Waals surface area contributed by atoms with Crippen molar-refractivity contribution in [3.05, 3.63) is 0 Å². The molecule has 27 heavy (non-hydrogen) atoms. The van der Waals surface area contributed by atoms with Crippen molar-refractivity contribution < 1.29 is 29.4 Å². The van der Waals surface area contributed by atoms with Gasteiger partial charge < -0.3 is 29.4 Å². The Morgan fingerprint density at radius 2 is 0.815 bits per heavy atom. The maximum absolute atomic E-state index is 7.56. The predicted octanol–water partition coefficient (Wildman–Crippen LogP) is 4.17. The molecule has 0 aromatic carbocycles. The first-order chi connectivity index (χ1) is 11.6. The molecule has 0 aromatic rings. The summed E-state index contributed by atoms with van der Waals surface area (Å²) in [7, 11) is 0. The van der Waals surface area contributed by atoms with Crippen molar-refractivity contribution in [1.29, 1.82) is 0 Å². The number of hydrogen-bond acceptors (Lipinski definition) is 2. The van der Waals surface area contributed by atoms with E-state index in [-0.39, 0.29) is 29.6 Å². The molecule has 0 aromatic heterocycles. The molecule has 0 saturated carbocycles. The van der Waals surface area contributed by atoms with Gasteiger partial charge in [-0.1, -0.05) is 92.9 Å². The predicted molar refractivity (Wildman–Crippen MR) is 127 cm³/mol. The molecular weight excluding hydrogens is 437 g/mol. The molecule has 0 amide bonds. The average Bonchev–Trinajstić information content (AvgIpc) is 2.47. The van der Waals surface area contributed by atoms with E-state index in [2.05, 4.69) is 65.2 Å². The van der Waals surface area contributed by atoms with E-state index in [9.17, 15) is 0 Å². The molecule has 0 spiro atoms. The van der Waals surface area contributed by atoms with Crippen molar-refractivity contribution in [2.75, 3.05) is 0 Å². The zero-order valence-electron chi connectivity index (χ0n) is 17.2. The summed E-state index contributed by atoms with van der Waals surface area (Å²) >= 11 is 7.21. The summed E-state index contributed by atoms with van der Waals surface area (Å²) in [5.41, 5.74) is 0. The summed E-state index contributed by atoms with van der Waals surface area (Å²) in [6.07, 6.45) is 11.1. The summed E-state index contributed by atoms with van der Waals surface area (Å²) in [4.78, 5) is 45.3. The van der Waals surface area contributed by atoms with Crippen LogP contribution in [0, 0.1) is 11.8 Å². The number of rotatable bonds is 8. The minimum absolute atomic E-state index is 0. The van der Waals surface area contributed by atoms with Gasteiger partial charge in [0.05, 0.1) is 0 Å². The Morgan fingerprint density at radius 1 is 0.630 bits per heavy atom. The molecule has 6 nitrogen and oxygen atoms in total. The van der Waals surface area contributed by atoms with Crippen LogP contribution in [0.4, 0.5) is 0 Å². The van der Waals surface area contributed by atoms with Crippen LogP contribution in [-0.4, -0.2) is 58.9 Å². The fourth-order valence-electron chi connectivity index (χ4n) is 1.51. The van der Waals surface area contributed by atoms with Crippen LogP contribution in [0.2, 0.25) is 0 Å². The first-order valence-electron chi connectivity index (χ1n) is 9.18. The Labute approximate surface area is 199 Å². The van der Waals surface area contributed by atoms with Crippen LogP contribution in [0.3, 0.4) is 0 Å².